The van der Waals surface area contributed by atoms with Gasteiger partial charge >= 0.3 is 0 Å². The van der Waals surface area contributed by atoms with E-state index in [1.54, 1.807) is 29.5 Å². The molecular weight excluding hydrogens is 389 g/mol. The molecule has 0 saturated heterocycles. The Bertz CT molecular complexity index is 919. The third-order valence-corrected chi connectivity index (χ3v) is 5.85. The molecule has 1 amide bonds. The second-order valence-corrected chi connectivity index (χ2v) is 7.55. The average molecular weight is 402 g/mol. The summed E-state index contributed by atoms with van der Waals surface area (Å²) in [5.74, 6) is -0.308. The number of hydrogen-bond donors (Lipinski definition) is 1. The maximum absolute atomic E-state index is 14.2. The van der Waals surface area contributed by atoms with Crippen molar-refractivity contribution in [1.82, 2.24) is 0 Å². The van der Waals surface area contributed by atoms with Crippen molar-refractivity contribution in [3.8, 4) is 11.1 Å². The predicted octanol–water partition coefficient (Wildman–Crippen LogP) is 5.79. The van der Waals surface area contributed by atoms with Crippen LogP contribution in [0.3, 0.4) is 0 Å². The number of anilines is 1. The summed E-state index contributed by atoms with van der Waals surface area (Å²) in [6.45, 7) is 0. The van der Waals surface area contributed by atoms with Gasteiger partial charge in [-0.25, -0.2) is 4.39 Å². The Morgan fingerprint density at radius 1 is 1.08 bits per heavy atom. The summed E-state index contributed by atoms with van der Waals surface area (Å²) in [5.41, 5.74) is 3.11. The molecule has 1 aliphatic heterocycles. The van der Waals surface area contributed by atoms with Crippen LogP contribution in [-0.2, 0) is 4.79 Å². The van der Waals surface area contributed by atoms with Crippen molar-refractivity contribution in [2.75, 3.05) is 5.32 Å². The van der Waals surface area contributed by atoms with E-state index in [0.717, 1.165) is 26.2 Å². The number of carbonyl (C=O) groups excluding carboxylic acids is 1. The van der Waals surface area contributed by atoms with Gasteiger partial charge in [0.15, 0.2) is 0 Å². The Hall–Kier alpha value is -1.98. The van der Waals surface area contributed by atoms with Gasteiger partial charge in [-0.05, 0) is 23.8 Å². The molecule has 5 heteroatoms. The molecule has 0 spiro atoms. The molecule has 0 bridgehead atoms. The van der Waals surface area contributed by atoms with E-state index < -0.39 is 0 Å². The molecule has 2 nitrogen and oxygen atoms in total. The number of rotatable bonds is 2. The first-order chi connectivity index (χ1) is 11.6. The van der Waals surface area contributed by atoms with Crippen LogP contribution in [0.1, 0.15) is 22.8 Å². The predicted molar refractivity (Wildman–Crippen MR) is 98.9 cm³/mol. The van der Waals surface area contributed by atoms with Gasteiger partial charge in [0.2, 0.25) is 5.91 Å². The lowest BCUT2D eigenvalue weighted by Gasteiger charge is -2.24. The Morgan fingerprint density at radius 2 is 1.83 bits per heavy atom. The van der Waals surface area contributed by atoms with Gasteiger partial charge in [-0.3, -0.25) is 4.79 Å². The van der Waals surface area contributed by atoms with Crippen molar-refractivity contribution in [1.29, 1.82) is 0 Å². The number of carbonyl (C=O) groups is 1. The van der Waals surface area contributed by atoms with E-state index >= 15 is 0 Å². The van der Waals surface area contributed by atoms with Crippen molar-refractivity contribution in [2.45, 2.75) is 12.3 Å². The van der Waals surface area contributed by atoms with Crippen LogP contribution in [0.25, 0.3) is 11.1 Å². The van der Waals surface area contributed by atoms with Crippen molar-refractivity contribution < 1.29 is 9.18 Å². The van der Waals surface area contributed by atoms with Gasteiger partial charge in [0, 0.05) is 38.2 Å². The third kappa shape index (κ3) is 2.68. The Kier molecular flexibility index (Phi) is 3.98. The minimum atomic E-state index is -0.280. The number of amides is 1. The van der Waals surface area contributed by atoms with E-state index in [1.807, 2.05) is 29.6 Å². The summed E-state index contributed by atoms with van der Waals surface area (Å²) in [4.78, 5) is 13.3. The molecule has 0 fully saturated rings. The summed E-state index contributed by atoms with van der Waals surface area (Å²) in [7, 11) is 0. The Balaban J connectivity index is 1.83. The average Bonchev–Trinajstić information content (AvgIpc) is 2.99. The van der Waals surface area contributed by atoms with Gasteiger partial charge in [0.05, 0.1) is 5.69 Å². The molecule has 0 saturated carbocycles. The highest BCUT2D eigenvalue weighted by molar-refractivity contribution is 9.10. The molecule has 120 valence electrons. The molecule has 1 aromatic heterocycles. The van der Waals surface area contributed by atoms with Crippen LogP contribution < -0.4 is 5.32 Å². The zero-order valence-corrected chi connectivity index (χ0v) is 15.0. The number of halogens is 2. The Morgan fingerprint density at radius 3 is 2.58 bits per heavy atom. The van der Waals surface area contributed by atoms with Crippen LogP contribution in [0.2, 0.25) is 0 Å². The van der Waals surface area contributed by atoms with Crippen LogP contribution in [0, 0.1) is 5.82 Å². The summed E-state index contributed by atoms with van der Waals surface area (Å²) < 4.78 is 15.2. The molecular formula is C19H13BrFNOS. The Labute approximate surface area is 151 Å². The van der Waals surface area contributed by atoms with Crippen LogP contribution in [-0.4, -0.2) is 5.91 Å². The normalized spacial score (nSPS) is 16.6. The van der Waals surface area contributed by atoms with E-state index in [-0.39, 0.29) is 17.6 Å². The van der Waals surface area contributed by atoms with Gasteiger partial charge in [-0.2, -0.15) is 0 Å². The molecule has 2 aromatic carbocycles. The van der Waals surface area contributed by atoms with E-state index in [4.69, 9.17) is 0 Å². The van der Waals surface area contributed by atoms with Gasteiger partial charge in [-0.1, -0.05) is 46.3 Å². The number of benzene rings is 2. The molecule has 1 aliphatic rings. The highest BCUT2D eigenvalue weighted by Crippen LogP contribution is 2.47. The van der Waals surface area contributed by atoms with Crippen LogP contribution >= 0.6 is 27.3 Å². The van der Waals surface area contributed by atoms with Crippen LogP contribution in [0.5, 0.6) is 0 Å². The molecule has 0 radical (unpaired) electrons. The highest BCUT2D eigenvalue weighted by Gasteiger charge is 2.30. The number of fused-ring (bicyclic) bond motifs is 1. The summed E-state index contributed by atoms with van der Waals surface area (Å²) >= 11 is 5.01. The lowest BCUT2D eigenvalue weighted by atomic mass is 9.89. The van der Waals surface area contributed by atoms with Gasteiger partial charge < -0.3 is 5.32 Å². The fraction of sp³-hybridized carbons (Fsp3) is 0.105. The maximum atomic E-state index is 14.2. The van der Waals surface area contributed by atoms with Crippen molar-refractivity contribution in [2.24, 2.45) is 0 Å². The van der Waals surface area contributed by atoms with Crippen LogP contribution in [0.15, 0.2) is 58.4 Å². The van der Waals surface area contributed by atoms with Crippen molar-refractivity contribution in [3.63, 3.8) is 0 Å². The minimum Gasteiger partial charge on any atom is -0.325 e. The highest BCUT2D eigenvalue weighted by atomic mass is 79.9. The topological polar surface area (TPSA) is 29.1 Å². The fourth-order valence-corrected chi connectivity index (χ4v) is 4.49. The SMILES string of the molecule is O=C1C[C@@H](c2ccc(Br)cc2)c2scc(-c3ccccc3F)c2N1. The third-order valence-electron chi connectivity index (χ3n) is 4.23. The van der Waals surface area contributed by atoms with E-state index in [9.17, 15) is 9.18 Å². The van der Waals surface area contributed by atoms with Crippen molar-refractivity contribution >= 4 is 38.9 Å². The molecule has 3 aromatic rings. The van der Waals surface area contributed by atoms with E-state index in [0.29, 0.717) is 12.0 Å². The second-order valence-electron chi connectivity index (χ2n) is 5.72. The first kappa shape index (κ1) is 15.5. The van der Waals surface area contributed by atoms with E-state index in [1.165, 1.54) is 6.07 Å². The van der Waals surface area contributed by atoms with Gasteiger partial charge in [0.25, 0.3) is 0 Å². The zero-order chi connectivity index (χ0) is 16.7. The molecule has 1 N–H and O–H groups in total. The number of thiophene rings is 1. The first-order valence-corrected chi connectivity index (χ1v) is 9.22. The van der Waals surface area contributed by atoms with E-state index in [2.05, 4.69) is 21.2 Å². The molecule has 0 aliphatic carbocycles. The number of nitrogens with one attached hydrogen (secondary N) is 1. The smallest absolute Gasteiger partial charge is 0.225 e. The summed E-state index contributed by atoms with van der Waals surface area (Å²) in [6.07, 6.45) is 0.409. The van der Waals surface area contributed by atoms with Gasteiger partial charge in [-0.15, -0.1) is 11.3 Å². The first-order valence-electron chi connectivity index (χ1n) is 7.55. The standard InChI is InChI=1S/C19H13BrFNOS/c20-12-7-5-11(6-8-12)14-9-17(23)22-18-15(10-24-19(14)18)13-3-1-2-4-16(13)21/h1-8,10,14H,9H2,(H,22,23)/t14-/m0/s1. The minimum absolute atomic E-state index is 0.00683. The summed E-state index contributed by atoms with van der Waals surface area (Å²) in [5, 5.41) is 4.87. The largest absolute Gasteiger partial charge is 0.325 e. The van der Waals surface area contributed by atoms with Gasteiger partial charge in [0.1, 0.15) is 5.82 Å². The van der Waals surface area contributed by atoms with Crippen LogP contribution in [0.4, 0.5) is 10.1 Å². The number of hydrogen-bond acceptors (Lipinski definition) is 2. The summed E-state index contributed by atoms with van der Waals surface area (Å²) in [6, 6.07) is 14.7. The molecule has 4 rings (SSSR count). The maximum Gasteiger partial charge on any atom is 0.225 e. The quantitative estimate of drug-likeness (QED) is 0.578. The second kappa shape index (κ2) is 6.15. The molecule has 24 heavy (non-hydrogen) atoms. The lowest BCUT2D eigenvalue weighted by Crippen LogP contribution is -2.22. The fourth-order valence-electron chi connectivity index (χ4n) is 3.07. The lowest BCUT2D eigenvalue weighted by molar-refractivity contribution is -0.116. The monoisotopic (exact) mass is 401 g/mol. The van der Waals surface area contributed by atoms with Crippen molar-refractivity contribution in [3.05, 3.63) is 74.6 Å². The molecule has 2 heterocycles. The zero-order valence-electron chi connectivity index (χ0n) is 12.6. The molecule has 0 unspecified atom stereocenters. The molecule has 1 atom stereocenters.